The largest absolute Gasteiger partial charge is 0.351 e. The van der Waals surface area contributed by atoms with Crippen LogP contribution >= 0.6 is 0 Å². The van der Waals surface area contributed by atoms with E-state index in [0.717, 1.165) is 19.5 Å². The number of carbonyl (C=O) groups is 2. The first-order valence-corrected chi connectivity index (χ1v) is 7.54. The molecule has 1 aliphatic heterocycles. The van der Waals surface area contributed by atoms with Crippen LogP contribution in [0.3, 0.4) is 0 Å². The Labute approximate surface area is 130 Å². The molecule has 0 aliphatic carbocycles. The molecule has 1 aromatic carbocycles. The number of hydrogen-bond donors (Lipinski definition) is 1. The highest BCUT2D eigenvalue weighted by molar-refractivity contribution is 5.78. The molecule has 1 N–H and O–H groups in total. The van der Waals surface area contributed by atoms with Crippen molar-refractivity contribution in [2.75, 3.05) is 32.7 Å². The van der Waals surface area contributed by atoms with E-state index in [2.05, 4.69) is 5.32 Å². The van der Waals surface area contributed by atoms with Gasteiger partial charge in [0.15, 0.2) is 0 Å². The van der Waals surface area contributed by atoms with Gasteiger partial charge in [-0.3, -0.25) is 14.5 Å². The molecule has 0 saturated carbocycles. The highest BCUT2D eigenvalue weighted by atomic mass is 19.1. The van der Waals surface area contributed by atoms with Gasteiger partial charge in [0.1, 0.15) is 5.82 Å². The molecule has 1 aromatic rings. The zero-order valence-electron chi connectivity index (χ0n) is 12.8. The second-order valence-electron chi connectivity index (χ2n) is 5.50. The Morgan fingerprint density at radius 1 is 1.18 bits per heavy atom. The van der Waals surface area contributed by atoms with Crippen molar-refractivity contribution in [3.05, 3.63) is 35.6 Å². The number of halogens is 1. The van der Waals surface area contributed by atoms with Crippen LogP contribution in [0.4, 0.5) is 4.39 Å². The Hall–Kier alpha value is -1.95. The zero-order chi connectivity index (χ0) is 15.9. The van der Waals surface area contributed by atoms with E-state index >= 15 is 0 Å². The van der Waals surface area contributed by atoms with Crippen LogP contribution in [-0.4, -0.2) is 54.3 Å². The van der Waals surface area contributed by atoms with Gasteiger partial charge in [-0.1, -0.05) is 18.2 Å². The van der Waals surface area contributed by atoms with E-state index in [1.165, 1.54) is 6.07 Å². The standard InChI is InChI=1S/C16H22FN3O2/c1-13(21)20-8-4-7-19(9-10-20)12-16(22)18-11-14-5-2-3-6-15(14)17/h2-3,5-6H,4,7-12H2,1H3,(H,18,22). The van der Waals surface area contributed by atoms with Gasteiger partial charge in [0.05, 0.1) is 6.54 Å². The van der Waals surface area contributed by atoms with Crippen LogP contribution in [0.15, 0.2) is 24.3 Å². The van der Waals surface area contributed by atoms with E-state index in [1.807, 2.05) is 4.90 Å². The highest BCUT2D eigenvalue weighted by Crippen LogP contribution is 2.06. The lowest BCUT2D eigenvalue weighted by Crippen LogP contribution is -2.39. The van der Waals surface area contributed by atoms with Crippen LogP contribution in [0.1, 0.15) is 18.9 Å². The molecule has 0 atom stereocenters. The van der Waals surface area contributed by atoms with Crippen molar-refractivity contribution < 1.29 is 14.0 Å². The molecule has 0 radical (unpaired) electrons. The molecule has 1 fully saturated rings. The van der Waals surface area contributed by atoms with Crippen LogP contribution in [0.5, 0.6) is 0 Å². The van der Waals surface area contributed by atoms with Crippen molar-refractivity contribution >= 4 is 11.8 Å². The van der Waals surface area contributed by atoms with Crippen LogP contribution in [0.25, 0.3) is 0 Å². The summed E-state index contributed by atoms with van der Waals surface area (Å²) < 4.78 is 13.5. The van der Waals surface area contributed by atoms with Crippen LogP contribution in [0, 0.1) is 5.82 Å². The summed E-state index contributed by atoms with van der Waals surface area (Å²) in [4.78, 5) is 27.2. The fourth-order valence-electron chi connectivity index (χ4n) is 2.54. The van der Waals surface area contributed by atoms with Gasteiger partial charge in [-0.15, -0.1) is 0 Å². The minimum absolute atomic E-state index is 0.0749. The van der Waals surface area contributed by atoms with E-state index in [4.69, 9.17) is 0 Å². The fourth-order valence-corrected chi connectivity index (χ4v) is 2.54. The number of carbonyl (C=O) groups excluding carboxylic acids is 2. The summed E-state index contributed by atoms with van der Waals surface area (Å²) in [6, 6.07) is 6.41. The first-order chi connectivity index (χ1) is 10.6. The number of nitrogens with zero attached hydrogens (tertiary/aromatic N) is 2. The summed E-state index contributed by atoms with van der Waals surface area (Å²) in [5, 5.41) is 2.74. The molecule has 5 nitrogen and oxygen atoms in total. The van der Waals surface area contributed by atoms with Gasteiger partial charge >= 0.3 is 0 Å². The van der Waals surface area contributed by atoms with E-state index in [9.17, 15) is 14.0 Å². The first kappa shape index (κ1) is 16.4. The van der Waals surface area contributed by atoms with Crippen molar-refractivity contribution in [2.45, 2.75) is 19.9 Å². The van der Waals surface area contributed by atoms with E-state index < -0.39 is 0 Å². The maximum atomic E-state index is 13.5. The topological polar surface area (TPSA) is 52.7 Å². The molecule has 0 unspecified atom stereocenters. The maximum absolute atomic E-state index is 13.5. The summed E-state index contributed by atoms with van der Waals surface area (Å²) >= 11 is 0. The maximum Gasteiger partial charge on any atom is 0.234 e. The second-order valence-corrected chi connectivity index (χ2v) is 5.50. The average molecular weight is 307 g/mol. The number of hydrogen-bond acceptors (Lipinski definition) is 3. The van der Waals surface area contributed by atoms with Crippen molar-refractivity contribution in [3.63, 3.8) is 0 Å². The Morgan fingerprint density at radius 3 is 2.68 bits per heavy atom. The molecule has 2 amide bonds. The van der Waals surface area contributed by atoms with Crippen LogP contribution in [-0.2, 0) is 16.1 Å². The third-order valence-electron chi connectivity index (χ3n) is 3.83. The van der Waals surface area contributed by atoms with E-state index in [-0.39, 0.29) is 30.7 Å². The van der Waals surface area contributed by atoms with Gasteiger partial charge in [-0.05, 0) is 12.5 Å². The van der Waals surface area contributed by atoms with Crippen LogP contribution < -0.4 is 5.32 Å². The quantitative estimate of drug-likeness (QED) is 0.903. The third-order valence-corrected chi connectivity index (χ3v) is 3.83. The van der Waals surface area contributed by atoms with Gasteiger partial charge in [0.25, 0.3) is 0 Å². The third kappa shape index (κ3) is 4.80. The minimum Gasteiger partial charge on any atom is -0.351 e. The molecule has 6 heteroatoms. The van der Waals surface area contributed by atoms with Crippen molar-refractivity contribution in [1.29, 1.82) is 0 Å². The molecule has 0 bridgehead atoms. The van der Waals surface area contributed by atoms with E-state index in [0.29, 0.717) is 18.7 Å². The Kier molecular flexibility index (Phi) is 5.89. The summed E-state index contributed by atoms with van der Waals surface area (Å²) in [6.45, 7) is 4.90. The lowest BCUT2D eigenvalue weighted by atomic mass is 10.2. The Balaban J connectivity index is 1.77. The van der Waals surface area contributed by atoms with Gasteiger partial charge in [-0.2, -0.15) is 0 Å². The molecule has 0 spiro atoms. The van der Waals surface area contributed by atoms with Crippen molar-refractivity contribution in [3.8, 4) is 0 Å². The van der Waals surface area contributed by atoms with E-state index in [1.54, 1.807) is 30.0 Å². The van der Waals surface area contributed by atoms with Crippen LogP contribution in [0.2, 0.25) is 0 Å². The van der Waals surface area contributed by atoms with Gasteiger partial charge in [0.2, 0.25) is 11.8 Å². The average Bonchev–Trinajstić information content (AvgIpc) is 2.72. The molecule has 1 heterocycles. The molecule has 2 rings (SSSR count). The number of amides is 2. The summed E-state index contributed by atoms with van der Waals surface area (Å²) in [5.41, 5.74) is 0.481. The number of nitrogens with one attached hydrogen (secondary N) is 1. The molecule has 120 valence electrons. The first-order valence-electron chi connectivity index (χ1n) is 7.54. The molecule has 1 aliphatic rings. The molecule has 0 aromatic heterocycles. The van der Waals surface area contributed by atoms with Gasteiger partial charge in [-0.25, -0.2) is 4.39 Å². The molecule has 22 heavy (non-hydrogen) atoms. The summed E-state index contributed by atoms with van der Waals surface area (Å²) in [7, 11) is 0. The summed E-state index contributed by atoms with van der Waals surface area (Å²) in [6.07, 6.45) is 0.861. The van der Waals surface area contributed by atoms with Gasteiger partial charge in [0, 0.05) is 45.2 Å². The predicted octanol–water partition coefficient (Wildman–Crippen LogP) is 0.996. The monoisotopic (exact) mass is 307 g/mol. The zero-order valence-corrected chi connectivity index (χ0v) is 12.8. The molecule has 1 saturated heterocycles. The predicted molar refractivity (Wildman–Crippen MR) is 81.6 cm³/mol. The highest BCUT2D eigenvalue weighted by Gasteiger charge is 2.18. The normalized spacial score (nSPS) is 16.2. The minimum atomic E-state index is -0.310. The second kappa shape index (κ2) is 7.89. The SMILES string of the molecule is CC(=O)N1CCCN(CC(=O)NCc2ccccc2F)CC1. The number of benzene rings is 1. The Bertz CT molecular complexity index is 536. The smallest absolute Gasteiger partial charge is 0.234 e. The van der Waals surface area contributed by atoms with Crippen molar-refractivity contribution in [2.24, 2.45) is 0 Å². The molecular weight excluding hydrogens is 285 g/mol. The lowest BCUT2D eigenvalue weighted by Gasteiger charge is -2.20. The Morgan fingerprint density at radius 2 is 1.95 bits per heavy atom. The summed E-state index contributed by atoms with van der Waals surface area (Å²) in [5.74, 6) is -0.361. The lowest BCUT2D eigenvalue weighted by molar-refractivity contribution is -0.128. The number of rotatable bonds is 4. The fraction of sp³-hybridized carbons (Fsp3) is 0.500. The van der Waals surface area contributed by atoms with Crippen molar-refractivity contribution in [1.82, 2.24) is 15.1 Å². The van der Waals surface area contributed by atoms with Gasteiger partial charge < -0.3 is 10.2 Å². The molecular formula is C16H22FN3O2.